The fourth-order valence-electron chi connectivity index (χ4n) is 1.94. The lowest BCUT2D eigenvalue weighted by Crippen LogP contribution is -2.05. The third-order valence-corrected chi connectivity index (χ3v) is 2.94. The van der Waals surface area contributed by atoms with Gasteiger partial charge in [0.15, 0.2) is 0 Å². The van der Waals surface area contributed by atoms with Crippen molar-refractivity contribution < 1.29 is 18.6 Å². The molecule has 100 valence electrons. The summed E-state index contributed by atoms with van der Waals surface area (Å²) in [5, 5.41) is 10.2. The highest BCUT2D eigenvalue weighted by Gasteiger charge is 2.19. The lowest BCUT2D eigenvalue weighted by Gasteiger charge is -2.16. The number of benzene rings is 2. The van der Waals surface area contributed by atoms with E-state index >= 15 is 0 Å². The molecule has 0 aliphatic carbocycles. The monoisotopic (exact) mass is 264 g/mol. The molecule has 1 N–H and O–H groups in total. The van der Waals surface area contributed by atoms with Crippen LogP contribution in [-0.2, 0) is 0 Å². The summed E-state index contributed by atoms with van der Waals surface area (Å²) >= 11 is 0. The second kappa shape index (κ2) is 5.36. The Balaban J connectivity index is 2.46. The van der Waals surface area contributed by atoms with E-state index in [2.05, 4.69) is 0 Å². The minimum atomic E-state index is -1.20. The predicted molar refractivity (Wildman–Crippen MR) is 68.2 cm³/mol. The minimum absolute atomic E-state index is 0.0172. The van der Waals surface area contributed by atoms with E-state index in [4.69, 9.17) is 4.74 Å². The van der Waals surface area contributed by atoms with Gasteiger partial charge < -0.3 is 9.84 Å². The maximum Gasteiger partial charge on any atom is 0.132 e. The normalized spacial score (nSPS) is 12.3. The van der Waals surface area contributed by atoms with E-state index in [1.807, 2.05) is 6.92 Å². The van der Waals surface area contributed by atoms with Crippen LogP contribution in [0.4, 0.5) is 8.78 Å². The van der Waals surface area contributed by atoms with Crippen molar-refractivity contribution >= 4 is 0 Å². The molecule has 0 amide bonds. The fraction of sp³-hybridized carbons (Fsp3) is 0.200. The van der Waals surface area contributed by atoms with Gasteiger partial charge in [0, 0.05) is 17.2 Å². The first kappa shape index (κ1) is 13.5. The maximum absolute atomic E-state index is 13.7. The van der Waals surface area contributed by atoms with Gasteiger partial charge in [-0.05, 0) is 24.6 Å². The number of hydrogen-bond acceptors (Lipinski definition) is 2. The largest absolute Gasteiger partial charge is 0.496 e. The van der Waals surface area contributed by atoms with Crippen molar-refractivity contribution in [2.75, 3.05) is 7.11 Å². The third kappa shape index (κ3) is 2.74. The van der Waals surface area contributed by atoms with Crippen LogP contribution in [0.1, 0.15) is 22.8 Å². The number of methoxy groups -OCH3 is 1. The summed E-state index contributed by atoms with van der Waals surface area (Å²) in [6.45, 7) is 1.89. The third-order valence-electron chi connectivity index (χ3n) is 2.94. The van der Waals surface area contributed by atoms with Gasteiger partial charge in [0.1, 0.15) is 23.5 Å². The molecule has 2 aromatic carbocycles. The smallest absolute Gasteiger partial charge is 0.132 e. The standard InChI is InChI=1S/C15H14F2O2/c1-9-3-5-12(14(7-9)19-2)15(18)11-6-4-10(16)8-13(11)17/h3-8,15,18H,1-2H3. The van der Waals surface area contributed by atoms with Crippen LogP contribution in [0.15, 0.2) is 36.4 Å². The molecule has 0 fully saturated rings. The van der Waals surface area contributed by atoms with Gasteiger partial charge in [-0.3, -0.25) is 0 Å². The molecular formula is C15H14F2O2. The Morgan fingerprint density at radius 3 is 2.37 bits per heavy atom. The summed E-state index contributed by atoms with van der Waals surface area (Å²) in [6.07, 6.45) is -1.20. The molecular weight excluding hydrogens is 250 g/mol. The van der Waals surface area contributed by atoms with E-state index in [-0.39, 0.29) is 5.56 Å². The zero-order valence-corrected chi connectivity index (χ0v) is 10.7. The topological polar surface area (TPSA) is 29.5 Å². The maximum atomic E-state index is 13.7. The highest BCUT2D eigenvalue weighted by molar-refractivity contribution is 5.42. The van der Waals surface area contributed by atoms with Crippen LogP contribution in [0, 0.1) is 18.6 Å². The number of rotatable bonds is 3. The lowest BCUT2D eigenvalue weighted by molar-refractivity contribution is 0.209. The van der Waals surface area contributed by atoms with Crippen molar-refractivity contribution in [2.24, 2.45) is 0 Å². The SMILES string of the molecule is COc1cc(C)ccc1C(O)c1ccc(F)cc1F. The lowest BCUT2D eigenvalue weighted by atomic mass is 9.99. The van der Waals surface area contributed by atoms with Gasteiger partial charge in [0.05, 0.1) is 7.11 Å². The van der Waals surface area contributed by atoms with Gasteiger partial charge in [-0.25, -0.2) is 8.78 Å². The number of hydrogen-bond donors (Lipinski definition) is 1. The van der Waals surface area contributed by atoms with E-state index in [0.717, 1.165) is 17.7 Å². The Morgan fingerprint density at radius 2 is 1.74 bits per heavy atom. The Kier molecular flexibility index (Phi) is 3.81. The number of halogens is 2. The highest BCUT2D eigenvalue weighted by atomic mass is 19.1. The van der Waals surface area contributed by atoms with Crippen LogP contribution in [-0.4, -0.2) is 12.2 Å². The van der Waals surface area contributed by atoms with Crippen molar-refractivity contribution in [3.63, 3.8) is 0 Å². The second-order valence-electron chi connectivity index (χ2n) is 4.31. The van der Waals surface area contributed by atoms with Gasteiger partial charge >= 0.3 is 0 Å². The summed E-state index contributed by atoms with van der Waals surface area (Å²) in [5.74, 6) is -0.990. The van der Waals surface area contributed by atoms with Crippen molar-refractivity contribution in [1.29, 1.82) is 0 Å². The van der Waals surface area contributed by atoms with E-state index in [9.17, 15) is 13.9 Å². The molecule has 19 heavy (non-hydrogen) atoms. The molecule has 2 rings (SSSR count). The number of aliphatic hydroxyl groups is 1. The van der Waals surface area contributed by atoms with Gasteiger partial charge in [-0.1, -0.05) is 18.2 Å². The number of aliphatic hydroxyl groups excluding tert-OH is 1. The summed E-state index contributed by atoms with van der Waals surface area (Å²) in [4.78, 5) is 0. The van der Waals surface area contributed by atoms with Crippen LogP contribution in [0.2, 0.25) is 0 Å². The van der Waals surface area contributed by atoms with Crippen LogP contribution in [0.25, 0.3) is 0 Å². The second-order valence-corrected chi connectivity index (χ2v) is 4.31. The van der Waals surface area contributed by atoms with Crippen molar-refractivity contribution in [3.8, 4) is 5.75 Å². The average molecular weight is 264 g/mol. The van der Waals surface area contributed by atoms with Crippen molar-refractivity contribution in [3.05, 3.63) is 64.7 Å². The molecule has 0 aromatic heterocycles. The Bertz CT molecular complexity index is 597. The summed E-state index contributed by atoms with van der Waals surface area (Å²) in [6, 6.07) is 8.31. The minimum Gasteiger partial charge on any atom is -0.496 e. The van der Waals surface area contributed by atoms with Gasteiger partial charge in [0.2, 0.25) is 0 Å². The zero-order chi connectivity index (χ0) is 14.0. The molecule has 0 bridgehead atoms. The highest BCUT2D eigenvalue weighted by Crippen LogP contribution is 2.32. The molecule has 2 aromatic rings. The zero-order valence-electron chi connectivity index (χ0n) is 10.7. The summed E-state index contributed by atoms with van der Waals surface area (Å²) in [7, 11) is 1.48. The molecule has 0 heterocycles. The molecule has 0 saturated carbocycles. The predicted octanol–water partition coefficient (Wildman–Crippen LogP) is 3.36. The molecule has 1 atom stereocenters. The first-order valence-corrected chi connectivity index (χ1v) is 5.80. The van der Waals surface area contributed by atoms with Crippen molar-refractivity contribution in [1.82, 2.24) is 0 Å². The van der Waals surface area contributed by atoms with Gasteiger partial charge in [0.25, 0.3) is 0 Å². The van der Waals surface area contributed by atoms with E-state index in [0.29, 0.717) is 11.3 Å². The average Bonchev–Trinajstić information content (AvgIpc) is 2.37. The molecule has 0 radical (unpaired) electrons. The number of aryl methyl sites for hydroxylation is 1. The Hall–Kier alpha value is -1.94. The first-order chi connectivity index (χ1) is 9.02. The summed E-state index contributed by atoms with van der Waals surface area (Å²) < 4.78 is 31.7. The van der Waals surface area contributed by atoms with Crippen LogP contribution < -0.4 is 4.74 Å². The van der Waals surface area contributed by atoms with E-state index in [1.54, 1.807) is 18.2 Å². The van der Waals surface area contributed by atoms with Crippen LogP contribution in [0.5, 0.6) is 5.75 Å². The van der Waals surface area contributed by atoms with Crippen LogP contribution >= 0.6 is 0 Å². The molecule has 2 nitrogen and oxygen atoms in total. The van der Waals surface area contributed by atoms with E-state index < -0.39 is 17.7 Å². The van der Waals surface area contributed by atoms with Gasteiger partial charge in [-0.2, -0.15) is 0 Å². The summed E-state index contributed by atoms with van der Waals surface area (Å²) in [5.41, 5.74) is 1.43. The molecule has 4 heteroatoms. The van der Waals surface area contributed by atoms with Crippen LogP contribution in [0.3, 0.4) is 0 Å². The first-order valence-electron chi connectivity index (χ1n) is 5.80. The van der Waals surface area contributed by atoms with Gasteiger partial charge in [-0.15, -0.1) is 0 Å². The Labute approximate surface area is 110 Å². The van der Waals surface area contributed by atoms with Crippen molar-refractivity contribution in [2.45, 2.75) is 13.0 Å². The Morgan fingerprint density at radius 1 is 1.05 bits per heavy atom. The number of ether oxygens (including phenoxy) is 1. The molecule has 0 spiro atoms. The molecule has 0 aliphatic heterocycles. The molecule has 1 unspecified atom stereocenters. The quantitative estimate of drug-likeness (QED) is 0.921. The molecule has 0 saturated heterocycles. The molecule has 0 aliphatic rings. The van der Waals surface area contributed by atoms with E-state index in [1.165, 1.54) is 13.2 Å². The fourth-order valence-corrected chi connectivity index (χ4v) is 1.94.